The van der Waals surface area contributed by atoms with Gasteiger partial charge in [0.15, 0.2) is 0 Å². The van der Waals surface area contributed by atoms with Gasteiger partial charge in [-0.2, -0.15) is 0 Å². The van der Waals surface area contributed by atoms with E-state index in [0.29, 0.717) is 5.92 Å². The molecule has 0 heterocycles. The maximum absolute atomic E-state index is 2.35. The van der Waals surface area contributed by atoms with Crippen molar-refractivity contribution in [3.05, 3.63) is 76.4 Å². The van der Waals surface area contributed by atoms with E-state index in [9.17, 15) is 0 Å². The van der Waals surface area contributed by atoms with E-state index in [1.54, 1.807) is 0 Å². The van der Waals surface area contributed by atoms with Crippen molar-refractivity contribution in [3.8, 4) is 0 Å². The van der Waals surface area contributed by atoms with Gasteiger partial charge in [-0.25, -0.2) is 0 Å². The fourth-order valence-electron chi connectivity index (χ4n) is 3.07. The molecule has 0 aliphatic carbocycles. The Morgan fingerprint density at radius 2 is 1.73 bits per heavy atom. The summed E-state index contributed by atoms with van der Waals surface area (Å²) in [6, 6.07) is 15.3. The zero-order chi connectivity index (χ0) is 15.9. The van der Waals surface area contributed by atoms with Gasteiger partial charge >= 0.3 is 0 Å². The molecule has 0 nitrogen and oxygen atoms in total. The van der Waals surface area contributed by atoms with E-state index in [0.717, 1.165) is 19.3 Å². The molecule has 22 heavy (non-hydrogen) atoms. The smallest absolute Gasteiger partial charge is 0.0198 e. The molecule has 2 aromatic rings. The molecule has 0 spiro atoms. The number of aryl methyl sites for hydroxylation is 2. The van der Waals surface area contributed by atoms with Crippen LogP contribution < -0.4 is 0 Å². The van der Waals surface area contributed by atoms with Gasteiger partial charge < -0.3 is 0 Å². The Morgan fingerprint density at radius 3 is 2.41 bits per heavy atom. The quantitative estimate of drug-likeness (QED) is 0.599. The molecule has 0 radical (unpaired) electrons. The Bertz CT molecular complexity index is 620. The lowest BCUT2D eigenvalue weighted by Gasteiger charge is -2.11. The SMILES string of the molecule is CCc1ccc(C)c(/C=C\C[C@@H](C)Cc2ccccc2)c1C. The van der Waals surface area contributed by atoms with Gasteiger partial charge in [-0.3, -0.25) is 0 Å². The van der Waals surface area contributed by atoms with Crippen LogP contribution in [-0.2, 0) is 12.8 Å². The summed E-state index contributed by atoms with van der Waals surface area (Å²) < 4.78 is 0. The second-order valence-corrected chi connectivity index (χ2v) is 6.37. The van der Waals surface area contributed by atoms with Crippen LogP contribution >= 0.6 is 0 Å². The largest absolute Gasteiger partial charge is 0.0836 e. The van der Waals surface area contributed by atoms with Gasteiger partial charge in [-0.1, -0.05) is 68.5 Å². The summed E-state index contributed by atoms with van der Waals surface area (Å²) in [5, 5.41) is 0. The summed E-state index contributed by atoms with van der Waals surface area (Å²) >= 11 is 0. The van der Waals surface area contributed by atoms with Crippen LogP contribution in [-0.4, -0.2) is 0 Å². The van der Waals surface area contributed by atoms with E-state index < -0.39 is 0 Å². The average Bonchev–Trinajstić information content (AvgIpc) is 2.51. The molecule has 0 saturated heterocycles. The fourth-order valence-corrected chi connectivity index (χ4v) is 3.07. The molecule has 0 aliphatic heterocycles. The first-order chi connectivity index (χ1) is 10.6. The maximum atomic E-state index is 2.35. The van der Waals surface area contributed by atoms with Crippen LogP contribution in [0.1, 0.15) is 48.1 Å². The lowest BCUT2D eigenvalue weighted by molar-refractivity contribution is 0.591. The van der Waals surface area contributed by atoms with Crippen molar-refractivity contribution < 1.29 is 0 Å². The highest BCUT2D eigenvalue weighted by atomic mass is 14.1. The van der Waals surface area contributed by atoms with E-state index in [4.69, 9.17) is 0 Å². The van der Waals surface area contributed by atoms with Crippen molar-refractivity contribution in [1.82, 2.24) is 0 Å². The summed E-state index contributed by atoms with van der Waals surface area (Å²) in [6.07, 6.45) is 8.06. The van der Waals surface area contributed by atoms with Crippen molar-refractivity contribution in [2.75, 3.05) is 0 Å². The predicted molar refractivity (Wildman–Crippen MR) is 98.3 cm³/mol. The minimum absolute atomic E-state index is 0.675. The van der Waals surface area contributed by atoms with Crippen LogP contribution in [0.3, 0.4) is 0 Å². The number of benzene rings is 2. The summed E-state index contributed by atoms with van der Waals surface area (Å²) in [5.41, 5.74) is 7.12. The number of hydrogen-bond donors (Lipinski definition) is 0. The number of allylic oxidation sites excluding steroid dienone is 1. The first kappa shape index (κ1) is 16.5. The van der Waals surface area contributed by atoms with Crippen LogP contribution in [0.4, 0.5) is 0 Å². The Kier molecular flexibility index (Phi) is 6.00. The van der Waals surface area contributed by atoms with E-state index >= 15 is 0 Å². The van der Waals surface area contributed by atoms with Crippen molar-refractivity contribution in [1.29, 1.82) is 0 Å². The van der Waals surface area contributed by atoms with Crippen LogP contribution in [0.25, 0.3) is 6.08 Å². The Balaban J connectivity index is 2.00. The van der Waals surface area contributed by atoms with Crippen molar-refractivity contribution in [2.24, 2.45) is 5.92 Å². The summed E-state index contributed by atoms with van der Waals surface area (Å²) in [5.74, 6) is 0.675. The maximum Gasteiger partial charge on any atom is -0.0198 e. The normalized spacial score (nSPS) is 12.7. The lowest BCUT2D eigenvalue weighted by atomic mass is 9.94. The predicted octanol–water partition coefficient (Wildman–Crippen LogP) is 6.15. The molecule has 0 aromatic heterocycles. The minimum Gasteiger partial charge on any atom is -0.0836 e. The molecule has 116 valence electrons. The molecule has 0 heteroatoms. The molecular weight excluding hydrogens is 264 g/mol. The summed E-state index contributed by atoms with van der Waals surface area (Å²) in [4.78, 5) is 0. The molecule has 0 unspecified atom stereocenters. The highest BCUT2D eigenvalue weighted by Gasteiger charge is 2.05. The third-order valence-electron chi connectivity index (χ3n) is 4.48. The molecule has 2 rings (SSSR count). The lowest BCUT2D eigenvalue weighted by Crippen LogP contribution is -1.98. The summed E-state index contributed by atoms with van der Waals surface area (Å²) in [6.45, 7) is 9.02. The molecular formula is C22H28. The van der Waals surface area contributed by atoms with Gasteiger partial charge in [0.1, 0.15) is 0 Å². The number of rotatable bonds is 6. The molecule has 0 bridgehead atoms. The van der Waals surface area contributed by atoms with Gasteiger partial charge in [0, 0.05) is 0 Å². The fraction of sp³-hybridized carbons (Fsp3) is 0.364. The van der Waals surface area contributed by atoms with Crippen LogP contribution in [0.2, 0.25) is 0 Å². The molecule has 0 amide bonds. The summed E-state index contributed by atoms with van der Waals surface area (Å²) in [7, 11) is 0. The molecule has 0 N–H and O–H groups in total. The Morgan fingerprint density at radius 1 is 1.00 bits per heavy atom. The van der Waals surface area contributed by atoms with E-state index in [1.807, 2.05) is 0 Å². The molecule has 0 fully saturated rings. The third kappa shape index (κ3) is 4.34. The monoisotopic (exact) mass is 292 g/mol. The topological polar surface area (TPSA) is 0 Å². The second kappa shape index (κ2) is 7.98. The zero-order valence-electron chi connectivity index (χ0n) is 14.4. The van der Waals surface area contributed by atoms with Gasteiger partial charge in [0.05, 0.1) is 0 Å². The second-order valence-electron chi connectivity index (χ2n) is 6.37. The Hall–Kier alpha value is -1.82. The minimum atomic E-state index is 0.675. The van der Waals surface area contributed by atoms with E-state index in [2.05, 4.69) is 82.3 Å². The Labute approximate surface area is 135 Å². The first-order valence-electron chi connectivity index (χ1n) is 8.41. The third-order valence-corrected chi connectivity index (χ3v) is 4.48. The first-order valence-corrected chi connectivity index (χ1v) is 8.41. The number of hydrogen-bond acceptors (Lipinski definition) is 0. The average molecular weight is 292 g/mol. The molecule has 0 saturated carbocycles. The van der Waals surface area contributed by atoms with Gasteiger partial charge in [-0.15, -0.1) is 0 Å². The van der Waals surface area contributed by atoms with Gasteiger partial charge in [0.25, 0.3) is 0 Å². The molecule has 1 atom stereocenters. The zero-order valence-corrected chi connectivity index (χ0v) is 14.4. The van der Waals surface area contributed by atoms with E-state index in [1.165, 1.54) is 27.8 Å². The van der Waals surface area contributed by atoms with E-state index in [-0.39, 0.29) is 0 Å². The van der Waals surface area contributed by atoms with Crippen molar-refractivity contribution in [3.63, 3.8) is 0 Å². The van der Waals surface area contributed by atoms with Crippen LogP contribution in [0.5, 0.6) is 0 Å². The van der Waals surface area contributed by atoms with Gasteiger partial charge in [0.2, 0.25) is 0 Å². The molecule has 2 aromatic carbocycles. The van der Waals surface area contributed by atoms with Gasteiger partial charge in [-0.05, 0) is 66.8 Å². The highest BCUT2D eigenvalue weighted by Crippen LogP contribution is 2.21. The molecule has 0 aliphatic rings. The highest BCUT2D eigenvalue weighted by molar-refractivity contribution is 5.59. The van der Waals surface area contributed by atoms with Crippen LogP contribution in [0.15, 0.2) is 48.5 Å². The standard InChI is InChI=1S/C22H28/c1-5-21-15-14-18(3)22(19(21)4)13-9-10-17(2)16-20-11-7-6-8-12-20/h6-9,11-15,17H,5,10,16H2,1-4H3/b13-9-/t17-/m1/s1. The van der Waals surface area contributed by atoms with Crippen molar-refractivity contribution in [2.45, 2.75) is 47.0 Å². The van der Waals surface area contributed by atoms with Crippen LogP contribution in [0, 0.1) is 19.8 Å². The van der Waals surface area contributed by atoms with Crippen molar-refractivity contribution >= 4 is 6.08 Å².